The van der Waals surface area contributed by atoms with Gasteiger partial charge in [-0.3, -0.25) is 0 Å². The third-order valence-corrected chi connectivity index (χ3v) is 10.2. The van der Waals surface area contributed by atoms with Crippen LogP contribution in [0, 0.1) is 0 Å². The number of nitrogens with zero attached hydrogens (tertiary/aromatic N) is 3. The van der Waals surface area contributed by atoms with Crippen LogP contribution in [0.15, 0.2) is 176 Å². The van der Waals surface area contributed by atoms with Crippen molar-refractivity contribution in [3.63, 3.8) is 0 Å². The zero-order valence-electron chi connectivity index (χ0n) is 28.5. The summed E-state index contributed by atoms with van der Waals surface area (Å²) in [6, 6.07) is 55.9. The number of aromatic nitrogens is 3. The number of nitrogens with one attached hydrogen (secondary N) is 1. The molecule has 4 heteroatoms. The van der Waals surface area contributed by atoms with Gasteiger partial charge in [-0.1, -0.05) is 133 Å². The van der Waals surface area contributed by atoms with Gasteiger partial charge in [0.1, 0.15) is 0 Å². The van der Waals surface area contributed by atoms with Crippen LogP contribution < -0.4 is 5.32 Å². The Bertz CT molecular complexity index is 2850. The third-order valence-electron chi connectivity index (χ3n) is 10.2. The molecule has 0 unspecified atom stereocenters. The van der Waals surface area contributed by atoms with Crippen molar-refractivity contribution < 1.29 is 0 Å². The van der Waals surface area contributed by atoms with Crippen molar-refractivity contribution in [3.8, 4) is 28.1 Å². The van der Waals surface area contributed by atoms with Crippen molar-refractivity contribution in [1.29, 1.82) is 0 Å². The first kappa shape index (κ1) is 30.1. The molecule has 4 nitrogen and oxygen atoms in total. The summed E-state index contributed by atoms with van der Waals surface area (Å²) in [5.74, 6) is 0. The van der Waals surface area contributed by atoms with Gasteiger partial charge in [-0.05, 0) is 77.2 Å². The highest BCUT2D eigenvalue weighted by molar-refractivity contribution is 6.29. The number of para-hydroxylation sites is 4. The molecule has 7 aromatic carbocycles. The first-order chi connectivity index (χ1) is 25.8. The van der Waals surface area contributed by atoms with Gasteiger partial charge in [-0.2, -0.15) is 0 Å². The summed E-state index contributed by atoms with van der Waals surface area (Å²) in [4.78, 5) is 10.3. The van der Waals surface area contributed by atoms with Crippen LogP contribution in [-0.4, -0.2) is 14.5 Å². The minimum absolute atomic E-state index is 0.892. The Kier molecular flexibility index (Phi) is 7.24. The van der Waals surface area contributed by atoms with Crippen LogP contribution in [0.5, 0.6) is 0 Å². The SMILES string of the molecule is C1=CC(c2nc3ccccc3nc2-c2ccc(Nc3c(-c4ccccc4)c4ccccc4c4c5ccccc5n(-c5ccccc5)c34)cc2)=CCC1. The summed E-state index contributed by atoms with van der Waals surface area (Å²) in [6.07, 6.45) is 8.75. The van der Waals surface area contributed by atoms with Crippen molar-refractivity contribution in [3.05, 3.63) is 182 Å². The second-order valence-corrected chi connectivity index (χ2v) is 13.3. The van der Waals surface area contributed by atoms with Crippen molar-refractivity contribution >= 4 is 60.6 Å². The molecule has 0 atom stereocenters. The average molecular weight is 667 g/mol. The minimum atomic E-state index is 0.892. The third kappa shape index (κ3) is 4.99. The Balaban J connectivity index is 1.21. The minimum Gasteiger partial charge on any atom is -0.353 e. The molecule has 1 N–H and O–H groups in total. The maximum atomic E-state index is 5.17. The maximum absolute atomic E-state index is 5.17. The number of rotatable bonds is 6. The van der Waals surface area contributed by atoms with E-state index in [0.29, 0.717) is 0 Å². The van der Waals surface area contributed by atoms with E-state index in [9.17, 15) is 0 Å². The molecule has 0 fully saturated rings. The fraction of sp³-hybridized carbons (Fsp3) is 0.0417. The lowest BCUT2D eigenvalue weighted by molar-refractivity contribution is 1.04. The molecular formula is C48H34N4. The molecule has 0 radical (unpaired) electrons. The van der Waals surface area contributed by atoms with Gasteiger partial charge in [-0.25, -0.2) is 9.97 Å². The molecule has 0 saturated heterocycles. The van der Waals surface area contributed by atoms with E-state index in [2.05, 4.69) is 162 Å². The molecule has 1 aliphatic rings. The summed E-state index contributed by atoms with van der Waals surface area (Å²) in [6.45, 7) is 0. The van der Waals surface area contributed by atoms with Crippen LogP contribution in [-0.2, 0) is 0 Å². The molecule has 1 aliphatic carbocycles. The standard InChI is InChI=1S/C48H34N4/c1-4-16-32(17-5-1)43-37-22-10-11-23-38(37)44-39-24-12-15-27-42(39)52(36-20-8-3-9-21-36)48(44)47(43)49-35-30-28-34(29-31-35)46-45(33-18-6-2-7-19-33)50-40-25-13-14-26-41(40)51-46/h1,3-6,8-31,49H,2,7H2. The highest BCUT2D eigenvalue weighted by Crippen LogP contribution is 2.48. The van der Waals surface area contributed by atoms with Crippen LogP contribution in [0.4, 0.5) is 11.4 Å². The first-order valence-electron chi connectivity index (χ1n) is 17.9. The van der Waals surface area contributed by atoms with E-state index < -0.39 is 0 Å². The molecule has 10 rings (SSSR count). The smallest absolute Gasteiger partial charge is 0.0972 e. The predicted octanol–water partition coefficient (Wildman–Crippen LogP) is 12.7. The average Bonchev–Trinajstić information content (AvgIpc) is 3.57. The van der Waals surface area contributed by atoms with Gasteiger partial charge in [-0.15, -0.1) is 0 Å². The summed E-state index contributed by atoms with van der Waals surface area (Å²) >= 11 is 0. The Morgan fingerprint density at radius 2 is 1.15 bits per heavy atom. The van der Waals surface area contributed by atoms with Crippen LogP contribution >= 0.6 is 0 Å². The maximum Gasteiger partial charge on any atom is 0.0972 e. The van der Waals surface area contributed by atoms with Crippen molar-refractivity contribution in [2.75, 3.05) is 5.32 Å². The summed E-state index contributed by atoms with van der Waals surface area (Å²) in [7, 11) is 0. The number of fused-ring (bicyclic) bond motifs is 6. The number of hydrogen-bond donors (Lipinski definition) is 1. The monoisotopic (exact) mass is 666 g/mol. The van der Waals surface area contributed by atoms with Gasteiger partial charge in [0.15, 0.2) is 0 Å². The van der Waals surface area contributed by atoms with Crippen molar-refractivity contribution in [2.45, 2.75) is 12.8 Å². The van der Waals surface area contributed by atoms with Crippen molar-refractivity contribution in [1.82, 2.24) is 14.5 Å². The van der Waals surface area contributed by atoms with Crippen LogP contribution in [0.25, 0.3) is 77.3 Å². The molecule has 2 aromatic heterocycles. The van der Waals surface area contributed by atoms with Gasteiger partial charge in [0.05, 0.1) is 39.1 Å². The highest BCUT2D eigenvalue weighted by Gasteiger charge is 2.24. The second-order valence-electron chi connectivity index (χ2n) is 13.3. The Morgan fingerprint density at radius 3 is 1.88 bits per heavy atom. The Labute approximate surface area is 302 Å². The second kappa shape index (κ2) is 12.5. The van der Waals surface area contributed by atoms with Crippen LogP contribution in [0.2, 0.25) is 0 Å². The highest BCUT2D eigenvalue weighted by atomic mass is 15.0. The molecule has 52 heavy (non-hydrogen) atoms. The lowest BCUT2D eigenvalue weighted by atomic mass is 9.92. The normalized spacial score (nSPS) is 12.9. The lowest BCUT2D eigenvalue weighted by Crippen LogP contribution is -2.02. The molecule has 9 aromatic rings. The van der Waals surface area contributed by atoms with E-state index in [1.165, 1.54) is 32.6 Å². The fourth-order valence-electron chi connectivity index (χ4n) is 7.84. The molecule has 0 spiro atoms. The quantitative estimate of drug-likeness (QED) is 0.192. The number of anilines is 2. The van der Waals surface area contributed by atoms with Crippen molar-refractivity contribution in [2.24, 2.45) is 0 Å². The van der Waals surface area contributed by atoms with E-state index >= 15 is 0 Å². The van der Waals surface area contributed by atoms with Gasteiger partial charge in [0.2, 0.25) is 0 Å². The van der Waals surface area contributed by atoms with Crippen LogP contribution in [0.1, 0.15) is 18.5 Å². The summed E-state index contributed by atoms with van der Waals surface area (Å²) < 4.78 is 2.42. The number of allylic oxidation sites excluding steroid dienone is 4. The topological polar surface area (TPSA) is 42.7 Å². The van der Waals surface area contributed by atoms with Gasteiger partial charge in [0, 0.05) is 33.3 Å². The first-order valence-corrected chi connectivity index (χ1v) is 17.9. The molecule has 2 heterocycles. The van der Waals surface area contributed by atoms with Crippen LogP contribution in [0.3, 0.4) is 0 Å². The Hall–Kier alpha value is -6.78. The van der Waals surface area contributed by atoms with Gasteiger partial charge >= 0.3 is 0 Å². The van der Waals surface area contributed by atoms with E-state index in [4.69, 9.17) is 9.97 Å². The predicted molar refractivity (Wildman–Crippen MR) is 218 cm³/mol. The van der Waals surface area contributed by atoms with E-state index in [1.54, 1.807) is 0 Å². The van der Waals surface area contributed by atoms with E-state index in [1.807, 2.05) is 24.3 Å². The van der Waals surface area contributed by atoms with E-state index in [0.717, 1.165) is 74.5 Å². The molecule has 0 amide bonds. The zero-order valence-corrected chi connectivity index (χ0v) is 28.5. The van der Waals surface area contributed by atoms with E-state index in [-0.39, 0.29) is 0 Å². The molecule has 246 valence electrons. The fourth-order valence-corrected chi connectivity index (χ4v) is 7.84. The summed E-state index contributed by atoms with van der Waals surface area (Å²) in [5, 5.41) is 8.89. The molecule has 0 bridgehead atoms. The number of hydrogen-bond acceptors (Lipinski definition) is 3. The lowest BCUT2D eigenvalue weighted by Gasteiger charge is -2.20. The molecule has 0 aliphatic heterocycles. The van der Waals surface area contributed by atoms with Gasteiger partial charge < -0.3 is 9.88 Å². The zero-order chi connectivity index (χ0) is 34.4. The summed E-state index contributed by atoms with van der Waals surface area (Å²) in [5.41, 5.74) is 13.6. The number of benzene rings is 7. The Morgan fingerprint density at radius 1 is 0.519 bits per heavy atom. The molecular weight excluding hydrogens is 633 g/mol. The largest absolute Gasteiger partial charge is 0.353 e. The molecule has 0 saturated carbocycles. The van der Waals surface area contributed by atoms with Gasteiger partial charge in [0.25, 0.3) is 0 Å².